The zero-order valence-corrected chi connectivity index (χ0v) is 22.1. The quantitative estimate of drug-likeness (QED) is 0.531. The van der Waals surface area contributed by atoms with Crippen molar-refractivity contribution >= 4 is 27.5 Å². The third-order valence-corrected chi connectivity index (χ3v) is 8.86. The molecule has 0 atom stereocenters. The summed E-state index contributed by atoms with van der Waals surface area (Å²) in [7, 11) is -2.05. The van der Waals surface area contributed by atoms with Crippen molar-refractivity contribution in [3.8, 4) is 5.75 Å². The van der Waals surface area contributed by atoms with Crippen LogP contribution in [0.25, 0.3) is 5.65 Å². The zero-order chi connectivity index (χ0) is 25.9. The van der Waals surface area contributed by atoms with Crippen molar-refractivity contribution < 1.29 is 27.5 Å². The van der Waals surface area contributed by atoms with E-state index in [0.717, 1.165) is 6.26 Å². The topological polar surface area (TPSA) is 119 Å². The number of fused-ring (bicyclic) bond motifs is 1. The van der Waals surface area contributed by atoms with Gasteiger partial charge < -0.3 is 14.8 Å². The fourth-order valence-corrected chi connectivity index (χ4v) is 6.20. The molecule has 36 heavy (non-hydrogen) atoms. The standard InChI is InChI=1S/C25H36N4O6S/c1-18-21(29-13-7-10-20(22(29)27-18)35-16-19-8-5-4-6-9-19)23(30)26-17-25(24(31)34-2)11-14-28(15-12-25)36(3,32)33/h7,10,13,19H,4-6,8-9,11-12,14-17H2,1-3H3,(H,26,30). The molecule has 0 radical (unpaired) electrons. The lowest BCUT2D eigenvalue weighted by molar-refractivity contribution is -0.154. The van der Waals surface area contributed by atoms with Gasteiger partial charge in [0.25, 0.3) is 5.91 Å². The number of rotatable bonds is 8. The van der Waals surface area contributed by atoms with Crippen LogP contribution in [0.4, 0.5) is 0 Å². The van der Waals surface area contributed by atoms with Crippen molar-refractivity contribution in [2.24, 2.45) is 11.3 Å². The van der Waals surface area contributed by atoms with Gasteiger partial charge >= 0.3 is 5.97 Å². The molecule has 2 aromatic rings. The maximum absolute atomic E-state index is 13.3. The summed E-state index contributed by atoms with van der Waals surface area (Å²) in [6.45, 7) is 2.84. The van der Waals surface area contributed by atoms with Crippen LogP contribution >= 0.6 is 0 Å². The van der Waals surface area contributed by atoms with E-state index in [1.54, 1.807) is 17.5 Å². The van der Waals surface area contributed by atoms with E-state index in [9.17, 15) is 18.0 Å². The molecular weight excluding hydrogens is 484 g/mol. The number of methoxy groups -OCH3 is 1. The van der Waals surface area contributed by atoms with Gasteiger partial charge in [0.05, 0.1) is 31.1 Å². The summed E-state index contributed by atoms with van der Waals surface area (Å²) in [4.78, 5) is 30.6. The highest BCUT2D eigenvalue weighted by Crippen LogP contribution is 2.33. The van der Waals surface area contributed by atoms with Gasteiger partial charge in [-0.15, -0.1) is 0 Å². The van der Waals surface area contributed by atoms with Gasteiger partial charge in [0.1, 0.15) is 5.69 Å². The molecule has 0 bridgehead atoms. The van der Waals surface area contributed by atoms with E-state index >= 15 is 0 Å². The number of nitrogens with zero attached hydrogens (tertiary/aromatic N) is 3. The Bertz CT molecular complexity index is 1210. The lowest BCUT2D eigenvalue weighted by Crippen LogP contribution is -2.52. The number of nitrogens with one attached hydrogen (secondary N) is 1. The number of ether oxygens (including phenoxy) is 2. The van der Waals surface area contributed by atoms with Gasteiger partial charge in [0, 0.05) is 25.8 Å². The van der Waals surface area contributed by atoms with Crippen LogP contribution in [0.3, 0.4) is 0 Å². The predicted molar refractivity (Wildman–Crippen MR) is 134 cm³/mol. The molecule has 2 aliphatic rings. The van der Waals surface area contributed by atoms with E-state index in [0.29, 0.717) is 35.3 Å². The van der Waals surface area contributed by atoms with Crippen molar-refractivity contribution in [1.29, 1.82) is 0 Å². The summed E-state index contributed by atoms with van der Waals surface area (Å²) < 4.78 is 38.0. The van der Waals surface area contributed by atoms with Crippen molar-refractivity contribution in [2.75, 3.05) is 39.6 Å². The summed E-state index contributed by atoms with van der Waals surface area (Å²) in [5.74, 6) is 0.369. The molecule has 1 aliphatic heterocycles. The third kappa shape index (κ3) is 5.51. The SMILES string of the molecule is COC(=O)C1(CNC(=O)c2c(C)nc3c(OCC4CCCCC4)cccn23)CCN(S(C)(=O)=O)CC1. The zero-order valence-electron chi connectivity index (χ0n) is 21.3. The van der Waals surface area contributed by atoms with Gasteiger partial charge in [0.2, 0.25) is 10.0 Å². The molecule has 2 fully saturated rings. The lowest BCUT2D eigenvalue weighted by Gasteiger charge is -2.38. The number of carbonyl (C=O) groups excluding carboxylic acids is 2. The molecule has 11 heteroatoms. The average molecular weight is 521 g/mol. The van der Waals surface area contributed by atoms with Gasteiger partial charge in [-0.2, -0.15) is 0 Å². The number of pyridine rings is 1. The van der Waals surface area contributed by atoms with Crippen molar-refractivity contribution in [1.82, 2.24) is 19.0 Å². The largest absolute Gasteiger partial charge is 0.489 e. The Kier molecular flexibility index (Phi) is 7.89. The minimum Gasteiger partial charge on any atom is -0.489 e. The van der Waals surface area contributed by atoms with Crippen LogP contribution in [0.5, 0.6) is 5.75 Å². The van der Waals surface area contributed by atoms with E-state index in [1.807, 2.05) is 12.1 Å². The predicted octanol–water partition coefficient (Wildman–Crippen LogP) is 2.55. The fraction of sp³-hybridized carbons (Fsp3) is 0.640. The van der Waals surface area contributed by atoms with Crippen LogP contribution < -0.4 is 10.1 Å². The van der Waals surface area contributed by atoms with Crippen molar-refractivity contribution in [2.45, 2.75) is 51.9 Å². The normalized spacial score (nSPS) is 19.2. The van der Waals surface area contributed by atoms with E-state index in [2.05, 4.69) is 10.3 Å². The molecule has 1 N–H and O–H groups in total. The van der Waals surface area contributed by atoms with Crippen LogP contribution in [0, 0.1) is 18.3 Å². The number of piperidine rings is 1. The molecule has 198 valence electrons. The second-order valence-electron chi connectivity index (χ2n) is 10.0. The summed E-state index contributed by atoms with van der Waals surface area (Å²) in [5.41, 5.74) is 0.524. The van der Waals surface area contributed by atoms with E-state index in [1.165, 1.54) is 43.5 Å². The Morgan fingerprint density at radius 3 is 2.53 bits per heavy atom. The van der Waals surface area contributed by atoms with Crippen LogP contribution in [0.1, 0.15) is 61.1 Å². The van der Waals surface area contributed by atoms with E-state index in [-0.39, 0.29) is 38.4 Å². The van der Waals surface area contributed by atoms with Crippen LogP contribution in [0.15, 0.2) is 18.3 Å². The number of imidazole rings is 1. The number of aryl methyl sites for hydroxylation is 1. The van der Waals surface area contributed by atoms with E-state index < -0.39 is 21.4 Å². The van der Waals surface area contributed by atoms with Crippen LogP contribution in [-0.2, 0) is 19.6 Å². The van der Waals surface area contributed by atoms with E-state index in [4.69, 9.17) is 9.47 Å². The van der Waals surface area contributed by atoms with Crippen LogP contribution in [0.2, 0.25) is 0 Å². The fourth-order valence-electron chi connectivity index (χ4n) is 5.35. The molecule has 4 rings (SSSR count). The van der Waals surface area contributed by atoms with Gasteiger partial charge in [-0.1, -0.05) is 19.3 Å². The molecule has 0 aromatic carbocycles. The number of carbonyl (C=O) groups is 2. The Balaban J connectivity index is 1.49. The summed E-state index contributed by atoms with van der Waals surface area (Å²) in [6.07, 6.45) is 9.57. The summed E-state index contributed by atoms with van der Waals surface area (Å²) >= 11 is 0. The first kappa shape index (κ1) is 26.4. The number of hydrogen-bond donors (Lipinski definition) is 1. The number of sulfonamides is 1. The first-order valence-corrected chi connectivity index (χ1v) is 14.4. The Morgan fingerprint density at radius 1 is 1.19 bits per heavy atom. The first-order chi connectivity index (χ1) is 17.1. The summed E-state index contributed by atoms with van der Waals surface area (Å²) in [5, 5.41) is 2.89. The molecule has 1 amide bonds. The second kappa shape index (κ2) is 10.8. The van der Waals surface area contributed by atoms with Gasteiger partial charge in [-0.05, 0) is 50.7 Å². The van der Waals surface area contributed by atoms with Crippen molar-refractivity contribution in [3.63, 3.8) is 0 Å². The molecule has 1 aliphatic carbocycles. The second-order valence-corrected chi connectivity index (χ2v) is 12.0. The van der Waals surface area contributed by atoms with Crippen molar-refractivity contribution in [3.05, 3.63) is 29.7 Å². The Hall–Kier alpha value is -2.66. The van der Waals surface area contributed by atoms with Gasteiger partial charge in [-0.25, -0.2) is 17.7 Å². The minimum absolute atomic E-state index is 0.0423. The maximum atomic E-state index is 13.3. The highest BCUT2D eigenvalue weighted by Gasteiger charge is 2.44. The Morgan fingerprint density at radius 2 is 1.89 bits per heavy atom. The first-order valence-electron chi connectivity index (χ1n) is 12.6. The highest BCUT2D eigenvalue weighted by atomic mass is 32.2. The maximum Gasteiger partial charge on any atom is 0.313 e. The molecular formula is C25H36N4O6S. The third-order valence-electron chi connectivity index (χ3n) is 7.56. The van der Waals surface area contributed by atoms with Crippen LogP contribution in [-0.4, -0.2) is 73.6 Å². The Labute approximate surface area is 212 Å². The van der Waals surface area contributed by atoms with Gasteiger partial charge in [-0.3, -0.25) is 14.0 Å². The molecule has 1 saturated carbocycles. The number of esters is 1. The molecule has 10 nitrogen and oxygen atoms in total. The van der Waals surface area contributed by atoms with Gasteiger partial charge in [0.15, 0.2) is 11.4 Å². The molecule has 3 heterocycles. The molecule has 2 aromatic heterocycles. The minimum atomic E-state index is -3.35. The molecule has 0 spiro atoms. The smallest absolute Gasteiger partial charge is 0.313 e. The average Bonchev–Trinajstić information content (AvgIpc) is 3.22. The highest BCUT2D eigenvalue weighted by molar-refractivity contribution is 7.88. The molecule has 1 saturated heterocycles. The lowest BCUT2D eigenvalue weighted by atomic mass is 9.78. The number of amides is 1. The summed E-state index contributed by atoms with van der Waals surface area (Å²) in [6, 6.07) is 3.70. The molecule has 0 unspecified atom stereocenters. The number of aromatic nitrogens is 2. The monoisotopic (exact) mass is 520 g/mol. The number of hydrogen-bond acceptors (Lipinski definition) is 7.